The van der Waals surface area contributed by atoms with Crippen LogP contribution in [0.5, 0.6) is 0 Å². The van der Waals surface area contributed by atoms with Gasteiger partial charge in [-0.25, -0.2) is 14.1 Å². The van der Waals surface area contributed by atoms with E-state index in [0.717, 1.165) is 5.56 Å². The van der Waals surface area contributed by atoms with Crippen LogP contribution in [0.15, 0.2) is 35.1 Å². The molecule has 2 aromatic heterocycles. The average molecular weight is 438 g/mol. The largest absolute Gasteiger partial charge is 0.404 e. The van der Waals surface area contributed by atoms with Crippen LogP contribution in [0.1, 0.15) is 11.3 Å². The number of anilines is 1. The molecule has 2 heterocycles. The summed E-state index contributed by atoms with van der Waals surface area (Å²) in [4.78, 5) is 26.4. The first-order valence-corrected chi connectivity index (χ1v) is 8.44. The Bertz CT molecular complexity index is 1000. The van der Waals surface area contributed by atoms with Crippen molar-refractivity contribution >= 4 is 33.6 Å². The minimum absolute atomic E-state index is 0.0838. The zero-order valence-electron chi connectivity index (χ0n) is 14.0. The minimum atomic E-state index is -0.635. The third-order valence-corrected chi connectivity index (χ3v) is 4.56. The summed E-state index contributed by atoms with van der Waals surface area (Å²) in [6.45, 7) is 1.73. The molecular formula is C15H13BrFN7O3. The van der Waals surface area contributed by atoms with Crippen molar-refractivity contribution in [2.75, 3.05) is 5.32 Å². The number of aromatic nitrogens is 5. The highest BCUT2D eigenvalue weighted by atomic mass is 79.9. The number of hydrogen-bond donors (Lipinski definition) is 1. The number of nitrogens with one attached hydrogen (secondary N) is 1. The van der Waals surface area contributed by atoms with Crippen molar-refractivity contribution in [3.63, 3.8) is 0 Å². The number of carbonyl (C=O) groups excluding carboxylic acids is 1. The highest BCUT2D eigenvalue weighted by Crippen LogP contribution is 2.26. The Hall–Kier alpha value is -3.15. The molecule has 0 radical (unpaired) electrons. The molecule has 3 aromatic rings. The average Bonchev–Trinajstić information content (AvgIpc) is 3.16. The molecule has 0 unspecified atom stereocenters. The second-order valence-corrected chi connectivity index (χ2v) is 6.37. The Morgan fingerprint density at radius 1 is 1.33 bits per heavy atom. The van der Waals surface area contributed by atoms with Gasteiger partial charge in [-0.05, 0) is 45.5 Å². The summed E-state index contributed by atoms with van der Waals surface area (Å²) in [6, 6.07) is 5.94. The van der Waals surface area contributed by atoms with Crippen LogP contribution in [0.4, 0.5) is 16.2 Å². The van der Waals surface area contributed by atoms with E-state index in [-0.39, 0.29) is 28.6 Å². The van der Waals surface area contributed by atoms with Crippen molar-refractivity contribution in [3.05, 3.63) is 62.3 Å². The number of benzene rings is 1. The van der Waals surface area contributed by atoms with E-state index >= 15 is 0 Å². The monoisotopic (exact) mass is 437 g/mol. The van der Waals surface area contributed by atoms with Crippen LogP contribution < -0.4 is 5.32 Å². The van der Waals surface area contributed by atoms with Gasteiger partial charge in [0.25, 0.3) is 5.91 Å². The van der Waals surface area contributed by atoms with Crippen LogP contribution in [0.2, 0.25) is 0 Å². The molecule has 1 N–H and O–H groups in total. The molecule has 0 atom stereocenters. The lowest BCUT2D eigenvalue weighted by Crippen LogP contribution is -2.21. The van der Waals surface area contributed by atoms with Gasteiger partial charge in [0.1, 0.15) is 23.2 Å². The van der Waals surface area contributed by atoms with Crippen LogP contribution in [0.25, 0.3) is 0 Å². The third kappa shape index (κ3) is 4.34. The van der Waals surface area contributed by atoms with E-state index in [1.807, 2.05) is 0 Å². The summed E-state index contributed by atoms with van der Waals surface area (Å²) in [5, 5.41) is 21.3. The normalized spacial score (nSPS) is 10.8. The number of hydrogen-bond acceptors (Lipinski definition) is 6. The quantitative estimate of drug-likeness (QED) is 0.466. The van der Waals surface area contributed by atoms with Gasteiger partial charge in [0, 0.05) is 0 Å². The second kappa shape index (κ2) is 7.61. The van der Waals surface area contributed by atoms with Gasteiger partial charge in [-0.3, -0.25) is 10.1 Å². The Labute approximate surface area is 160 Å². The predicted molar refractivity (Wildman–Crippen MR) is 95.5 cm³/mol. The summed E-state index contributed by atoms with van der Waals surface area (Å²) >= 11 is 3.09. The van der Waals surface area contributed by atoms with Gasteiger partial charge >= 0.3 is 5.82 Å². The van der Waals surface area contributed by atoms with Crippen molar-refractivity contribution in [3.8, 4) is 0 Å². The van der Waals surface area contributed by atoms with E-state index < -0.39 is 10.8 Å². The molecule has 0 fully saturated rings. The van der Waals surface area contributed by atoms with Gasteiger partial charge in [-0.1, -0.05) is 12.1 Å². The topological polar surface area (TPSA) is 121 Å². The molecule has 0 bridgehead atoms. The first-order chi connectivity index (χ1) is 12.8. The number of nitro groups is 1. The number of amides is 1. The highest BCUT2D eigenvalue weighted by Gasteiger charge is 2.24. The molecule has 12 heteroatoms. The first kappa shape index (κ1) is 18.6. The van der Waals surface area contributed by atoms with Crippen LogP contribution in [-0.4, -0.2) is 35.4 Å². The van der Waals surface area contributed by atoms with Gasteiger partial charge < -0.3 is 10.1 Å². The van der Waals surface area contributed by atoms with Crippen molar-refractivity contribution in [1.82, 2.24) is 24.5 Å². The number of rotatable bonds is 6. The van der Waals surface area contributed by atoms with Crippen LogP contribution >= 0.6 is 15.9 Å². The number of nitrogens with zero attached hydrogens (tertiary/aromatic N) is 6. The Kier molecular flexibility index (Phi) is 5.26. The standard InChI is InChI=1S/C15H13BrFN7O3/c1-9-13(16)14(24(26)27)20-23(9)7-12(25)19-15-18-8-22(21-15)6-10-2-4-11(17)5-3-10/h2-5,8H,6-7H2,1H3,(H,19,21,25). The van der Waals surface area contributed by atoms with Gasteiger partial charge in [-0.2, -0.15) is 4.68 Å². The summed E-state index contributed by atoms with van der Waals surface area (Å²) in [5.74, 6) is -1.09. The van der Waals surface area contributed by atoms with E-state index in [0.29, 0.717) is 12.2 Å². The fraction of sp³-hybridized carbons (Fsp3) is 0.200. The van der Waals surface area contributed by atoms with Gasteiger partial charge in [0.15, 0.2) is 0 Å². The molecule has 1 amide bonds. The van der Waals surface area contributed by atoms with E-state index in [2.05, 4.69) is 36.4 Å². The molecule has 0 aliphatic rings. The second-order valence-electron chi connectivity index (χ2n) is 5.58. The Morgan fingerprint density at radius 3 is 2.67 bits per heavy atom. The van der Waals surface area contributed by atoms with Crippen molar-refractivity contribution in [2.45, 2.75) is 20.0 Å². The Balaban J connectivity index is 1.63. The van der Waals surface area contributed by atoms with Gasteiger partial charge in [-0.15, -0.1) is 5.10 Å². The van der Waals surface area contributed by atoms with Crippen molar-refractivity contribution in [1.29, 1.82) is 0 Å². The molecule has 1 aromatic carbocycles. The molecule has 0 aliphatic heterocycles. The zero-order chi connectivity index (χ0) is 19.6. The summed E-state index contributed by atoms with van der Waals surface area (Å²) in [6.07, 6.45) is 1.43. The molecule has 0 saturated carbocycles. The molecule has 3 rings (SSSR count). The maximum absolute atomic E-state index is 12.9. The maximum atomic E-state index is 12.9. The Morgan fingerprint density at radius 2 is 2.04 bits per heavy atom. The third-order valence-electron chi connectivity index (χ3n) is 3.63. The van der Waals surface area contributed by atoms with Crippen LogP contribution in [0.3, 0.4) is 0 Å². The van der Waals surface area contributed by atoms with E-state index in [4.69, 9.17) is 0 Å². The lowest BCUT2D eigenvalue weighted by Gasteiger charge is -2.02. The van der Waals surface area contributed by atoms with Crippen LogP contribution in [-0.2, 0) is 17.9 Å². The van der Waals surface area contributed by atoms with Crippen LogP contribution in [0, 0.1) is 22.9 Å². The summed E-state index contributed by atoms with van der Waals surface area (Å²) in [5.41, 5.74) is 1.27. The predicted octanol–water partition coefficient (Wildman–Crippen LogP) is 2.28. The maximum Gasteiger partial charge on any atom is 0.404 e. The molecule has 0 spiro atoms. The molecule has 10 nitrogen and oxygen atoms in total. The fourth-order valence-corrected chi connectivity index (χ4v) is 2.71. The van der Waals surface area contributed by atoms with Gasteiger partial charge in [0.05, 0.1) is 17.3 Å². The minimum Gasteiger partial charge on any atom is -0.358 e. The van der Waals surface area contributed by atoms with Crippen molar-refractivity contribution < 1.29 is 14.1 Å². The molecule has 140 valence electrons. The molecule has 27 heavy (non-hydrogen) atoms. The lowest BCUT2D eigenvalue weighted by atomic mass is 10.2. The lowest BCUT2D eigenvalue weighted by molar-refractivity contribution is -0.390. The van der Waals surface area contributed by atoms with Crippen molar-refractivity contribution in [2.24, 2.45) is 0 Å². The van der Waals surface area contributed by atoms with E-state index in [1.54, 1.807) is 19.1 Å². The molecule has 0 saturated heterocycles. The van der Waals surface area contributed by atoms with E-state index in [9.17, 15) is 19.3 Å². The summed E-state index contributed by atoms with van der Waals surface area (Å²) < 4.78 is 15.9. The molecular weight excluding hydrogens is 425 g/mol. The summed E-state index contributed by atoms with van der Waals surface area (Å²) in [7, 11) is 0. The number of halogens is 2. The van der Waals surface area contributed by atoms with E-state index in [1.165, 1.54) is 27.8 Å². The smallest absolute Gasteiger partial charge is 0.358 e. The van der Waals surface area contributed by atoms with Gasteiger partial charge in [0.2, 0.25) is 5.95 Å². The first-order valence-electron chi connectivity index (χ1n) is 7.64. The zero-order valence-corrected chi connectivity index (χ0v) is 15.6. The highest BCUT2D eigenvalue weighted by molar-refractivity contribution is 9.10. The SMILES string of the molecule is Cc1c(Br)c([N+](=O)[O-])nn1CC(=O)Nc1ncn(Cc2ccc(F)cc2)n1. The molecule has 0 aliphatic carbocycles. The fourth-order valence-electron chi connectivity index (χ4n) is 2.28. The number of carbonyl (C=O) groups is 1.